The second-order valence-corrected chi connectivity index (χ2v) is 3.47. The van der Waals surface area contributed by atoms with Crippen LogP contribution in [0.4, 0.5) is 4.39 Å². The number of halogens is 1. The molecule has 0 aliphatic carbocycles. The molecule has 0 bridgehead atoms. The first kappa shape index (κ1) is 10.3. The maximum Gasteiger partial charge on any atom is 0.162 e. The van der Waals surface area contributed by atoms with E-state index in [2.05, 4.69) is 0 Å². The molecule has 1 nitrogen and oxygen atoms in total. The van der Waals surface area contributed by atoms with Crippen molar-refractivity contribution in [2.45, 2.75) is 18.2 Å². The van der Waals surface area contributed by atoms with Crippen molar-refractivity contribution in [1.82, 2.24) is 0 Å². The standard InChI is InChI=1S/C10H11FOS/c1-3-9(12)7-4-5-10(13-2)8(11)6-7/h4-6H,3H2,1-2H3. The fraction of sp³-hybridized carbons (Fsp3) is 0.300. The summed E-state index contributed by atoms with van der Waals surface area (Å²) >= 11 is 1.34. The molecular formula is C10H11FOS. The van der Waals surface area contributed by atoms with Crippen molar-refractivity contribution in [2.75, 3.05) is 6.26 Å². The van der Waals surface area contributed by atoms with Gasteiger partial charge in [-0.2, -0.15) is 0 Å². The van der Waals surface area contributed by atoms with Gasteiger partial charge in [-0.05, 0) is 18.4 Å². The first-order chi connectivity index (χ1) is 6.19. The first-order valence-electron chi connectivity index (χ1n) is 4.05. The van der Waals surface area contributed by atoms with Crippen LogP contribution in [0.5, 0.6) is 0 Å². The summed E-state index contributed by atoms with van der Waals surface area (Å²) in [5, 5.41) is 0. The molecule has 0 amide bonds. The van der Waals surface area contributed by atoms with Gasteiger partial charge in [-0.15, -0.1) is 11.8 Å². The Balaban J connectivity index is 3.02. The molecule has 0 unspecified atom stereocenters. The van der Waals surface area contributed by atoms with Gasteiger partial charge in [0.05, 0.1) is 0 Å². The van der Waals surface area contributed by atoms with Gasteiger partial charge >= 0.3 is 0 Å². The summed E-state index contributed by atoms with van der Waals surface area (Å²) in [7, 11) is 0. The third kappa shape index (κ3) is 2.31. The van der Waals surface area contributed by atoms with Crippen molar-refractivity contribution in [1.29, 1.82) is 0 Å². The van der Waals surface area contributed by atoms with E-state index in [-0.39, 0.29) is 11.6 Å². The van der Waals surface area contributed by atoms with Gasteiger partial charge in [0.1, 0.15) is 5.82 Å². The van der Waals surface area contributed by atoms with Crippen LogP contribution >= 0.6 is 11.8 Å². The van der Waals surface area contributed by atoms with Crippen LogP contribution in [0.3, 0.4) is 0 Å². The monoisotopic (exact) mass is 198 g/mol. The predicted octanol–water partition coefficient (Wildman–Crippen LogP) is 3.14. The molecule has 0 aromatic heterocycles. The van der Waals surface area contributed by atoms with Crippen molar-refractivity contribution >= 4 is 17.5 Å². The third-order valence-electron chi connectivity index (χ3n) is 1.79. The van der Waals surface area contributed by atoms with Crippen molar-refractivity contribution < 1.29 is 9.18 Å². The lowest BCUT2D eigenvalue weighted by molar-refractivity contribution is 0.0987. The van der Waals surface area contributed by atoms with Crippen LogP contribution in [-0.2, 0) is 0 Å². The molecule has 0 aliphatic rings. The molecule has 70 valence electrons. The quantitative estimate of drug-likeness (QED) is 0.548. The number of ketones is 1. The van der Waals surface area contributed by atoms with Crippen LogP contribution in [0.15, 0.2) is 23.1 Å². The number of carbonyl (C=O) groups is 1. The second kappa shape index (κ2) is 4.42. The summed E-state index contributed by atoms with van der Waals surface area (Å²) in [5.41, 5.74) is 0.456. The number of hydrogen-bond acceptors (Lipinski definition) is 2. The van der Waals surface area contributed by atoms with E-state index in [0.717, 1.165) is 0 Å². The molecule has 0 fully saturated rings. The van der Waals surface area contributed by atoms with Gasteiger partial charge in [0.25, 0.3) is 0 Å². The normalized spacial score (nSPS) is 10.1. The summed E-state index contributed by atoms with van der Waals surface area (Å²) in [6.07, 6.45) is 2.22. The largest absolute Gasteiger partial charge is 0.294 e. The Bertz CT molecular complexity index is 323. The van der Waals surface area contributed by atoms with Crippen LogP contribution in [0, 0.1) is 5.82 Å². The zero-order valence-corrected chi connectivity index (χ0v) is 8.45. The van der Waals surface area contributed by atoms with E-state index in [9.17, 15) is 9.18 Å². The van der Waals surface area contributed by atoms with E-state index >= 15 is 0 Å². The van der Waals surface area contributed by atoms with Crippen molar-refractivity contribution in [3.8, 4) is 0 Å². The topological polar surface area (TPSA) is 17.1 Å². The Morgan fingerprint density at radius 2 is 2.23 bits per heavy atom. The highest BCUT2D eigenvalue weighted by Gasteiger charge is 2.06. The lowest BCUT2D eigenvalue weighted by Gasteiger charge is -2.01. The number of rotatable bonds is 3. The Kier molecular flexibility index (Phi) is 3.48. The summed E-state index contributed by atoms with van der Waals surface area (Å²) in [6, 6.07) is 4.61. The number of hydrogen-bond donors (Lipinski definition) is 0. The molecule has 0 saturated carbocycles. The number of benzene rings is 1. The smallest absolute Gasteiger partial charge is 0.162 e. The maximum absolute atomic E-state index is 13.2. The highest BCUT2D eigenvalue weighted by molar-refractivity contribution is 7.98. The zero-order chi connectivity index (χ0) is 9.84. The Labute approximate surface area is 81.3 Å². The maximum atomic E-state index is 13.2. The van der Waals surface area contributed by atoms with Crippen LogP contribution < -0.4 is 0 Å². The number of carbonyl (C=O) groups excluding carboxylic acids is 1. The minimum absolute atomic E-state index is 0.0217. The highest BCUT2D eigenvalue weighted by atomic mass is 32.2. The van der Waals surface area contributed by atoms with Gasteiger partial charge in [-0.3, -0.25) is 4.79 Å². The van der Waals surface area contributed by atoms with Gasteiger partial charge in [-0.25, -0.2) is 4.39 Å². The van der Waals surface area contributed by atoms with Crippen molar-refractivity contribution in [3.05, 3.63) is 29.6 Å². The van der Waals surface area contributed by atoms with E-state index in [1.54, 1.807) is 25.3 Å². The zero-order valence-electron chi connectivity index (χ0n) is 7.63. The second-order valence-electron chi connectivity index (χ2n) is 2.63. The molecule has 0 radical (unpaired) electrons. The number of Topliss-reactive ketones (excluding diaryl/α,β-unsaturated/α-hetero) is 1. The molecule has 0 N–H and O–H groups in total. The summed E-state index contributed by atoms with van der Waals surface area (Å²) in [4.78, 5) is 11.8. The van der Waals surface area contributed by atoms with E-state index < -0.39 is 0 Å². The minimum Gasteiger partial charge on any atom is -0.294 e. The van der Waals surface area contributed by atoms with Crippen molar-refractivity contribution in [3.63, 3.8) is 0 Å². The lowest BCUT2D eigenvalue weighted by atomic mass is 10.1. The minimum atomic E-state index is -0.313. The predicted molar refractivity (Wildman–Crippen MR) is 52.8 cm³/mol. The molecular weight excluding hydrogens is 187 g/mol. The van der Waals surface area contributed by atoms with Gasteiger partial charge < -0.3 is 0 Å². The summed E-state index contributed by atoms with van der Waals surface area (Å²) < 4.78 is 13.2. The lowest BCUT2D eigenvalue weighted by Crippen LogP contribution is -1.97. The Hall–Kier alpha value is -0.830. The van der Waals surface area contributed by atoms with Crippen molar-refractivity contribution in [2.24, 2.45) is 0 Å². The molecule has 1 aromatic carbocycles. The molecule has 0 spiro atoms. The molecule has 13 heavy (non-hydrogen) atoms. The number of thioether (sulfide) groups is 1. The fourth-order valence-corrected chi connectivity index (χ4v) is 1.50. The van der Waals surface area contributed by atoms with Crippen LogP contribution in [0.25, 0.3) is 0 Å². The third-order valence-corrected chi connectivity index (χ3v) is 2.57. The van der Waals surface area contributed by atoms with Gasteiger partial charge in [0, 0.05) is 16.9 Å². The summed E-state index contributed by atoms with van der Waals surface area (Å²) in [5.74, 6) is -0.335. The average Bonchev–Trinajstić information content (AvgIpc) is 2.16. The average molecular weight is 198 g/mol. The van der Waals surface area contributed by atoms with Crippen LogP contribution in [0.2, 0.25) is 0 Å². The fourth-order valence-electron chi connectivity index (χ4n) is 1.04. The van der Waals surface area contributed by atoms with Crippen LogP contribution in [-0.4, -0.2) is 12.0 Å². The molecule has 3 heteroatoms. The molecule has 1 rings (SSSR count). The molecule has 0 heterocycles. The van der Waals surface area contributed by atoms with E-state index in [1.165, 1.54) is 17.8 Å². The Morgan fingerprint density at radius 1 is 1.54 bits per heavy atom. The molecule has 1 aromatic rings. The first-order valence-corrected chi connectivity index (χ1v) is 5.28. The molecule has 0 saturated heterocycles. The molecule has 0 atom stereocenters. The molecule has 0 aliphatic heterocycles. The van der Waals surface area contributed by atoms with E-state index in [1.807, 2.05) is 0 Å². The Morgan fingerprint density at radius 3 is 2.69 bits per heavy atom. The van der Waals surface area contributed by atoms with Gasteiger partial charge in [0.15, 0.2) is 5.78 Å². The highest BCUT2D eigenvalue weighted by Crippen LogP contribution is 2.20. The van der Waals surface area contributed by atoms with Gasteiger partial charge in [-0.1, -0.05) is 13.0 Å². The summed E-state index contributed by atoms with van der Waals surface area (Å²) in [6.45, 7) is 1.77. The SMILES string of the molecule is CCC(=O)c1ccc(SC)c(F)c1. The van der Waals surface area contributed by atoms with E-state index in [4.69, 9.17) is 0 Å². The van der Waals surface area contributed by atoms with E-state index in [0.29, 0.717) is 16.9 Å². The van der Waals surface area contributed by atoms with Gasteiger partial charge in [0.2, 0.25) is 0 Å². The van der Waals surface area contributed by atoms with Crippen LogP contribution in [0.1, 0.15) is 23.7 Å².